The Morgan fingerprint density at radius 3 is 1.91 bits per heavy atom. The van der Waals surface area contributed by atoms with Gasteiger partial charge in [0.05, 0.1) is 0 Å². The molecule has 0 spiro atoms. The lowest BCUT2D eigenvalue weighted by molar-refractivity contribution is 0.0704. The summed E-state index contributed by atoms with van der Waals surface area (Å²) in [4.78, 5) is 2.45. The third-order valence-corrected chi connectivity index (χ3v) is 1.72. The van der Waals surface area contributed by atoms with Crippen LogP contribution >= 0.6 is 12.2 Å². The van der Waals surface area contributed by atoms with Crippen LogP contribution in [-0.2, 0) is 0 Å². The van der Waals surface area contributed by atoms with E-state index in [0.717, 1.165) is 4.90 Å². The molecule has 0 rings (SSSR count). The van der Waals surface area contributed by atoms with Crippen molar-refractivity contribution in [1.82, 2.24) is 9.80 Å². The Morgan fingerprint density at radius 2 is 1.64 bits per heavy atom. The Hall–Kier alpha value is -0.430. The summed E-state index contributed by atoms with van der Waals surface area (Å²) in [7, 11) is 1.56. The summed E-state index contributed by atoms with van der Waals surface area (Å²) >= 11 is 4.77. The predicted octanol–water partition coefficient (Wildman–Crippen LogP) is -1.65. The van der Waals surface area contributed by atoms with E-state index in [9.17, 15) is 0 Å². The van der Waals surface area contributed by atoms with Crippen molar-refractivity contribution < 1.29 is 15.3 Å². The number of aliphatic hydroxyl groups excluding tert-OH is 3. The molecular weight excluding hydrogens is 168 g/mol. The Bertz CT molecular complexity index is 129. The van der Waals surface area contributed by atoms with E-state index < -0.39 is 0 Å². The highest BCUT2D eigenvalue weighted by atomic mass is 32.1. The summed E-state index contributed by atoms with van der Waals surface area (Å²) < 4.78 is 0. The van der Waals surface area contributed by atoms with Gasteiger partial charge in [-0.1, -0.05) is 0 Å². The zero-order valence-electron chi connectivity index (χ0n) is 6.27. The largest absolute Gasteiger partial charge is 0.376 e. The molecule has 0 heterocycles. The van der Waals surface area contributed by atoms with Crippen LogP contribution in [0.3, 0.4) is 0 Å². The summed E-state index contributed by atoms with van der Waals surface area (Å²) in [5.74, 6) is 0. The molecule has 0 amide bonds. The van der Waals surface area contributed by atoms with Gasteiger partial charge in [-0.2, -0.15) is 0 Å². The van der Waals surface area contributed by atoms with E-state index in [1.807, 2.05) is 0 Å². The van der Waals surface area contributed by atoms with Crippen molar-refractivity contribution >= 4 is 17.3 Å². The highest BCUT2D eigenvalue weighted by molar-refractivity contribution is 7.80. The predicted molar refractivity (Wildman–Crippen MR) is 43.5 cm³/mol. The van der Waals surface area contributed by atoms with Gasteiger partial charge in [0.25, 0.3) is 0 Å². The molecule has 6 heteroatoms. The first kappa shape index (κ1) is 10.6. The lowest BCUT2D eigenvalue weighted by Crippen LogP contribution is -2.42. The molecule has 0 radical (unpaired) electrons. The minimum absolute atomic E-state index is 0.206. The Labute approximate surface area is 70.5 Å². The minimum Gasteiger partial charge on any atom is -0.376 e. The number of hydrogen-bond acceptors (Lipinski definition) is 4. The molecule has 0 fully saturated rings. The van der Waals surface area contributed by atoms with E-state index in [1.165, 1.54) is 4.90 Å². The van der Waals surface area contributed by atoms with Crippen LogP contribution in [0, 0.1) is 0 Å². The highest BCUT2D eigenvalue weighted by Crippen LogP contribution is 1.93. The summed E-state index contributed by atoms with van der Waals surface area (Å²) in [6.45, 7) is -0.964. The van der Waals surface area contributed by atoms with Crippen LogP contribution in [0.5, 0.6) is 0 Å². The van der Waals surface area contributed by atoms with Crippen molar-refractivity contribution in [2.75, 3.05) is 27.2 Å². The van der Waals surface area contributed by atoms with E-state index in [4.69, 9.17) is 27.5 Å². The maximum atomic E-state index is 8.61. The van der Waals surface area contributed by atoms with E-state index in [1.54, 1.807) is 7.05 Å². The van der Waals surface area contributed by atoms with Gasteiger partial charge < -0.3 is 25.1 Å². The molecule has 66 valence electrons. The molecule has 0 aromatic heterocycles. The quantitative estimate of drug-likeness (QED) is 0.357. The Morgan fingerprint density at radius 1 is 1.18 bits per heavy atom. The van der Waals surface area contributed by atoms with Gasteiger partial charge in [-0.25, -0.2) is 0 Å². The van der Waals surface area contributed by atoms with Crippen molar-refractivity contribution in [3.8, 4) is 0 Å². The minimum atomic E-state index is -0.361. The van der Waals surface area contributed by atoms with Crippen molar-refractivity contribution in [2.24, 2.45) is 0 Å². The van der Waals surface area contributed by atoms with Crippen molar-refractivity contribution in [3.05, 3.63) is 0 Å². The average Bonchev–Trinajstić information content (AvgIpc) is 2.05. The first-order valence-corrected chi connectivity index (χ1v) is 3.40. The second kappa shape index (κ2) is 5.25. The highest BCUT2D eigenvalue weighted by Gasteiger charge is 2.09. The summed E-state index contributed by atoms with van der Waals surface area (Å²) in [5.41, 5.74) is 0. The maximum absolute atomic E-state index is 8.61. The average molecular weight is 180 g/mol. The summed E-state index contributed by atoms with van der Waals surface area (Å²) in [6.07, 6.45) is 0. The molecule has 0 unspecified atom stereocenters. The molecule has 11 heavy (non-hydrogen) atoms. The monoisotopic (exact) mass is 180 g/mol. The molecular formula is C5H12N2O3S. The standard InChI is InChI=1S/C5H12N2O3S/c1-6(2-8)5(11)7(3-9)4-10/h8-10H,2-4H2,1H3. The maximum Gasteiger partial charge on any atom is 0.176 e. The molecule has 5 nitrogen and oxygen atoms in total. The molecule has 0 aromatic carbocycles. The van der Waals surface area contributed by atoms with Gasteiger partial charge in [0.2, 0.25) is 0 Å². The van der Waals surface area contributed by atoms with Crippen LogP contribution in [0.2, 0.25) is 0 Å². The van der Waals surface area contributed by atoms with E-state index in [0.29, 0.717) is 0 Å². The molecule has 0 atom stereocenters. The third kappa shape index (κ3) is 2.98. The van der Waals surface area contributed by atoms with E-state index in [2.05, 4.69) is 0 Å². The number of aliphatic hydroxyl groups is 3. The Balaban J connectivity index is 3.97. The topological polar surface area (TPSA) is 67.2 Å². The number of hydrogen-bond donors (Lipinski definition) is 3. The second-order valence-corrected chi connectivity index (χ2v) is 2.31. The van der Waals surface area contributed by atoms with Crippen LogP contribution in [0.1, 0.15) is 0 Å². The fourth-order valence-electron chi connectivity index (χ4n) is 0.468. The van der Waals surface area contributed by atoms with Crippen LogP contribution in [0.4, 0.5) is 0 Å². The van der Waals surface area contributed by atoms with Gasteiger partial charge in [0.15, 0.2) is 5.11 Å². The number of nitrogens with zero attached hydrogens (tertiary/aromatic N) is 2. The van der Waals surface area contributed by atoms with Crippen molar-refractivity contribution in [3.63, 3.8) is 0 Å². The number of rotatable bonds is 3. The van der Waals surface area contributed by atoms with Gasteiger partial charge in [0.1, 0.15) is 20.2 Å². The van der Waals surface area contributed by atoms with Gasteiger partial charge >= 0.3 is 0 Å². The fraction of sp³-hybridized carbons (Fsp3) is 0.800. The molecule has 0 saturated heterocycles. The van der Waals surface area contributed by atoms with Gasteiger partial charge in [-0.15, -0.1) is 0 Å². The lowest BCUT2D eigenvalue weighted by Gasteiger charge is -2.26. The first-order chi connectivity index (χ1) is 5.17. The molecule has 3 N–H and O–H groups in total. The molecule has 0 aromatic rings. The summed E-state index contributed by atoms with van der Waals surface area (Å²) in [6, 6.07) is 0. The second-order valence-electron chi connectivity index (χ2n) is 1.94. The Kier molecular flexibility index (Phi) is 5.05. The number of thiocarbonyl (C=S) groups is 1. The zero-order valence-corrected chi connectivity index (χ0v) is 7.08. The molecule has 0 bridgehead atoms. The lowest BCUT2D eigenvalue weighted by atomic mass is 10.7. The van der Waals surface area contributed by atoms with E-state index >= 15 is 0 Å². The third-order valence-electron chi connectivity index (χ3n) is 1.15. The van der Waals surface area contributed by atoms with Gasteiger partial charge in [-0.05, 0) is 12.2 Å². The molecule has 0 aliphatic carbocycles. The SMILES string of the molecule is CN(CO)C(=S)N(CO)CO. The molecule has 0 aliphatic rings. The first-order valence-electron chi connectivity index (χ1n) is 3.00. The molecule has 0 saturated carbocycles. The van der Waals surface area contributed by atoms with Gasteiger partial charge in [-0.3, -0.25) is 0 Å². The van der Waals surface area contributed by atoms with Crippen LogP contribution in [-0.4, -0.2) is 57.5 Å². The van der Waals surface area contributed by atoms with Crippen molar-refractivity contribution in [1.29, 1.82) is 0 Å². The zero-order chi connectivity index (χ0) is 8.85. The summed E-state index contributed by atoms with van der Waals surface area (Å²) in [5, 5.41) is 26.0. The van der Waals surface area contributed by atoms with Crippen LogP contribution in [0.15, 0.2) is 0 Å². The molecule has 0 aliphatic heterocycles. The van der Waals surface area contributed by atoms with Crippen LogP contribution in [0.25, 0.3) is 0 Å². The van der Waals surface area contributed by atoms with E-state index in [-0.39, 0.29) is 25.3 Å². The van der Waals surface area contributed by atoms with Gasteiger partial charge in [0, 0.05) is 7.05 Å². The van der Waals surface area contributed by atoms with Crippen molar-refractivity contribution in [2.45, 2.75) is 0 Å². The fourth-order valence-corrected chi connectivity index (χ4v) is 0.641. The smallest absolute Gasteiger partial charge is 0.176 e. The van der Waals surface area contributed by atoms with Crippen LogP contribution < -0.4 is 0 Å². The normalized spacial score (nSPS) is 9.45.